The van der Waals surface area contributed by atoms with Crippen LogP contribution in [0.5, 0.6) is 0 Å². The quantitative estimate of drug-likeness (QED) is 0.603. The van der Waals surface area contributed by atoms with Gasteiger partial charge in [0.15, 0.2) is 5.82 Å². The van der Waals surface area contributed by atoms with Crippen LogP contribution in [0.3, 0.4) is 0 Å². The number of benzene rings is 1. The zero-order chi connectivity index (χ0) is 19.8. The van der Waals surface area contributed by atoms with Crippen molar-refractivity contribution >= 4 is 27.8 Å². The Kier molecular flexibility index (Phi) is 5.46. The molecule has 144 valence electrons. The Hall–Kier alpha value is -2.09. The van der Waals surface area contributed by atoms with E-state index in [-0.39, 0.29) is 22.4 Å². The molecule has 3 rings (SSSR count). The molecule has 27 heavy (non-hydrogen) atoms. The molecule has 1 amide bonds. The summed E-state index contributed by atoms with van der Waals surface area (Å²) in [6, 6.07) is 2.07. The Morgan fingerprint density at radius 1 is 1.22 bits per heavy atom. The highest BCUT2D eigenvalue weighted by Crippen LogP contribution is 2.38. The fourth-order valence-electron chi connectivity index (χ4n) is 2.47. The van der Waals surface area contributed by atoms with Crippen molar-refractivity contribution in [3.63, 3.8) is 0 Å². The molecule has 1 heterocycles. The molecule has 1 aliphatic carbocycles. The molecule has 0 unspecified atom stereocenters. The van der Waals surface area contributed by atoms with E-state index >= 15 is 0 Å². The van der Waals surface area contributed by atoms with Crippen molar-refractivity contribution < 1.29 is 18.3 Å². The molecule has 5 nitrogen and oxygen atoms in total. The maximum Gasteiger partial charge on any atom is 0.416 e. The van der Waals surface area contributed by atoms with E-state index in [1.54, 1.807) is 27.0 Å². The normalized spacial score (nSPS) is 14.1. The van der Waals surface area contributed by atoms with Crippen molar-refractivity contribution in [3.8, 4) is 0 Å². The monoisotopic (exact) mass is 439 g/mol. The summed E-state index contributed by atoms with van der Waals surface area (Å²) in [5.74, 6) is -0.805. The minimum absolute atomic E-state index is 0.109. The molecule has 0 atom stereocenters. The fraction of sp³-hybridized carbons (Fsp3) is 0.421. The largest absolute Gasteiger partial charge is 0.443 e. The first kappa shape index (κ1) is 19.7. The van der Waals surface area contributed by atoms with Gasteiger partial charge in [-0.05, 0) is 55.6 Å². The van der Waals surface area contributed by atoms with Gasteiger partial charge in [-0.25, -0.2) is 18.6 Å². The molecule has 1 fully saturated rings. The first-order valence-electron chi connectivity index (χ1n) is 8.60. The fourth-order valence-corrected chi connectivity index (χ4v) is 2.86. The van der Waals surface area contributed by atoms with Gasteiger partial charge in [-0.1, -0.05) is 0 Å². The Morgan fingerprint density at radius 2 is 1.93 bits per heavy atom. The zero-order valence-corrected chi connectivity index (χ0v) is 16.9. The molecule has 0 spiro atoms. The van der Waals surface area contributed by atoms with Crippen molar-refractivity contribution in [2.45, 2.75) is 51.7 Å². The number of amides is 1. The Labute approximate surface area is 164 Å². The number of rotatable bonds is 4. The molecule has 1 aromatic carbocycles. The van der Waals surface area contributed by atoms with Crippen LogP contribution in [0.2, 0.25) is 0 Å². The number of carbonyl (C=O) groups is 1. The number of hydrogen-bond donors (Lipinski definition) is 0. The molecule has 1 aromatic heterocycles. The van der Waals surface area contributed by atoms with Crippen LogP contribution < -0.4 is 4.90 Å². The average Bonchev–Trinajstić information content (AvgIpc) is 3.40. The highest BCUT2D eigenvalue weighted by atomic mass is 79.9. The number of hydrogen-bond acceptors (Lipinski definition) is 4. The topological polar surface area (TPSA) is 55.3 Å². The average molecular weight is 440 g/mol. The standard InChI is InChI=1S/C19H20BrF2N3O2/c1-19(2,3)27-18(26)25(10-12-6-13(20)15(22)7-14(12)21)17-9-23-16(8-24-17)11-4-5-11/h6-9,11H,4-5,10H2,1-3H3. The molecule has 8 heteroatoms. The summed E-state index contributed by atoms with van der Waals surface area (Å²) in [6.07, 6.45) is 4.59. The molecule has 2 aromatic rings. The van der Waals surface area contributed by atoms with Crippen LogP contribution in [0.25, 0.3) is 0 Å². The predicted molar refractivity (Wildman–Crippen MR) is 100 cm³/mol. The SMILES string of the molecule is CC(C)(C)OC(=O)N(Cc1cc(Br)c(F)cc1F)c1cnc(C2CC2)cn1. The molecule has 0 radical (unpaired) electrons. The second-order valence-electron chi connectivity index (χ2n) is 7.50. The number of nitrogens with zero attached hydrogens (tertiary/aromatic N) is 3. The summed E-state index contributed by atoms with van der Waals surface area (Å²) in [5.41, 5.74) is 0.263. The van der Waals surface area contributed by atoms with E-state index in [0.717, 1.165) is 24.6 Å². The molecule has 1 saturated carbocycles. The van der Waals surface area contributed by atoms with Crippen LogP contribution in [0.15, 0.2) is 29.0 Å². The van der Waals surface area contributed by atoms with E-state index in [0.29, 0.717) is 5.92 Å². The second kappa shape index (κ2) is 7.50. The summed E-state index contributed by atoms with van der Waals surface area (Å²) in [5, 5.41) is 0. The van der Waals surface area contributed by atoms with Crippen LogP contribution >= 0.6 is 15.9 Å². The molecular formula is C19H20BrF2N3O2. The number of carbonyl (C=O) groups excluding carboxylic acids is 1. The van der Waals surface area contributed by atoms with Crippen molar-refractivity contribution in [2.75, 3.05) is 4.90 Å². The van der Waals surface area contributed by atoms with Crippen molar-refractivity contribution in [1.82, 2.24) is 9.97 Å². The van der Waals surface area contributed by atoms with Gasteiger partial charge in [-0.15, -0.1) is 0 Å². The molecule has 0 bridgehead atoms. The second-order valence-corrected chi connectivity index (χ2v) is 8.35. The highest BCUT2D eigenvalue weighted by molar-refractivity contribution is 9.10. The Morgan fingerprint density at radius 3 is 2.48 bits per heavy atom. The predicted octanol–water partition coefficient (Wildman–Crippen LogP) is 5.34. The van der Waals surface area contributed by atoms with E-state index in [4.69, 9.17) is 4.74 Å². The molecule has 1 aliphatic rings. The van der Waals surface area contributed by atoms with Gasteiger partial charge in [0, 0.05) is 17.5 Å². The van der Waals surface area contributed by atoms with Crippen molar-refractivity contribution in [2.24, 2.45) is 0 Å². The zero-order valence-electron chi connectivity index (χ0n) is 15.3. The number of anilines is 1. The first-order valence-corrected chi connectivity index (χ1v) is 9.39. The summed E-state index contributed by atoms with van der Waals surface area (Å²) >= 11 is 3.04. The highest BCUT2D eigenvalue weighted by Gasteiger charge is 2.28. The summed E-state index contributed by atoms with van der Waals surface area (Å²) in [7, 11) is 0. The Balaban J connectivity index is 1.91. The lowest BCUT2D eigenvalue weighted by molar-refractivity contribution is 0.0576. The lowest BCUT2D eigenvalue weighted by Gasteiger charge is -2.27. The van der Waals surface area contributed by atoms with Crippen LogP contribution in [0.4, 0.5) is 19.4 Å². The third-order valence-corrected chi connectivity index (χ3v) is 4.57. The summed E-state index contributed by atoms with van der Waals surface area (Å²) in [6.45, 7) is 5.04. The van der Waals surface area contributed by atoms with Crippen LogP contribution in [0.1, 0.15) is 50.8 Å². The molecule has 0 saturated heterocycles. The van der Waals surface area contributed by atoms with E-state index in [1.165, 1.54) is 17.2 Å². The van der Waals surface area contributed by atoms with E-state index in [1.807, 2.05) is 0 Å². The van der Waals surface area contributed by atoms with Crippen LogP contribution in [0, 0.1) is 11.6 Å². The first-order chi connectivity index (χ1) is 12.6. The smallest absolute Gasteiger partial charge is 0.416 e. The minimum Gasteiger partial charge on any atom is -0.443 e. The Bertz CT molecular complexity index is 849. The molecule has 0 aliphatic heterocycles. The maximum absolute atomic E-state index is 14.2. The number of ether oxygens (including phenoxy) is 1. The van der Waals surface area contributed by atoms with E-state index in [2.05, 4.69) is 25.9 Å². The molecular weight excluding hydrogens is 420 g/mol. The maximum atomic E-state index is 14.2. The lowest BCUT2D eigenvalue weighted by Crippen LogP contribution is -2.37. The summed E-state index contributed by atoms with van der Waals surface area (Å²) in [4.78, 5) is 22.6. The third kappa shape index (κ3) is 5.00. The van der Waals surface area contributed by atoms with Crippen molar-refractivity contribution in [1.29, 1.82) is 0 Å². The summed E-state index contributed by atoms with van der Waals surface area (Å²) < 4.78 is 33.3. The number of aromatic nitrogens is 2. The van der Waals surface area contributed by atoms with Gasteiger partial charge in [0.05, 0.1) is 29.1 Å². The van der Waals surface area contributed by atoms with Crippen LogP contribution in [-0.2, 0) is 11.3 Å². The van der Waals surface area contributed by atoms with Gasteiger partial charge in [0.2, 0.25) is 0 Å². The van der Waals surface area contributed by atoms with Gasteiger partial charge < -0.3 is 4.74 Å². The third-order valence-electron chi connectivity index (χ3n) is 3.96. The van der Waals surface area contributed by atoms with E-state index < -0.39 is 23.3 Å². The van der Waals surface area contributed by atoms with Gasteiger partial charge in [-0.3, -0.25) is 9.88 Å². The molecule has 0 N–H and O–H groups in total. The minimum atomic E-state index is -0.758. The number of halogens is 3. The van der Waals surface area contributed by atoms with Gasteiger partial charge in [0.1, 0.15) is 17.2 Å². The van der Waals surface area contributed by atoms with Gasteiger partial charge in [0.25, 0.3) is 0 Å². The van der Waals surface area contributed by atoms with Gasteiger partial charge >= 0.3 is 6.09 Å². The van der Waals surface area contributed by atoms with E-state index in [9.17, 15) is 13.6 Å². The van der Waals surface area contributed by atoms with Gasteiger partial charge in [-0.2, -0.15) is 0 Å². The lowest BCUT2D eigenvalue weighted by atomic mass is 10.2. The van der Waals surface area contributed by atoms with Crippen molar-refractivity contribution in [3.05, 3.63) is 51.9 Å². The van der Waals surface area contributed by atoms with Crippen LogP contribution in [-0.4, -0.2) is 21.7 Å².